The van der Waals surface area contributed by atoms with Gasteiger partial charge in [-0.15, -0.1) is 12.4 Å². The summed E-state index contributed by atoms with van der Waals surface area (Å²) in [6.45, 7) is 50.1. The molecule has 3 N–H and O–H groups in total. The Balaban J connectivity index is 0.00000114. The lowest BCUT2D eigenvalue weighted by molar-refractivity contribution is -0.000818. The minimum atomic E-state index is -0.424. The minimum absolute atomic E-state index is 0. The Morgan fingerprint density at radius 1 is 0.443 bits per heavy atom. The van der Waals surface area contributed by atoms with Crippen molar-refractivity contribution >= 4 is 24.6 Å². The van der Waals surface area contributed by atoms with Crippen LogP contribution in [0.25, 0.3) is 0 Å². The predicted octanol–water partition coefficient (Wildman–Crippen LogP) is 13.3. The molecule has 13 nitrogen and oxygen atoms in total. The number of piperazine rings is 3. The molecule has 0 bridgehead atoms. The van der Waals surface area contributed by atoms with Crippen molar-refractivity contribution < 1.29 is 19.1 Å². The highest BCUT2D eigenvalue weighted by Gasteiger charge is 2.36. The summed E-state index contributed by atoms with van der Waals surface area (Å²) >= 11 is 0. The predicted molar refractivity (Wildman–Crippen MR) is 343 cm³/mol. The SMILES string of the molecule is C.C.C.CC(C)(C)OC(=O)N1CCN(C(CN)C2CCCCC2)CC1.CC(C)CN(CC(C)C)CC(C1CCCCC1)N1CCN(C(=O)OC(C)(C)C)CC1.CC(C)CN(CC(C)C)CC(C1CCCCC1)N1CCNCC1.Cl. The quantitative estimate of drug-likeness (QED) is 0.129. The molecular weight excluding hydrogens is 1010 g/mol. The number of hydrogen-bond donors (Lipinski definition) is 2. The van der Waals surface area contributed by atoms with E-state index in [1.54, 1.807) is 0 Å². The first-order valence-corrected chi connectivity index (χ1v) is 31.5. The number of nitrogens with zero attached hydrogens (tertiary/aromatic N) is 7. The fraction of sp³-hybridized carbons (Fsp3) is 0.969. The molecule has 6 aliphatic rings. The third-order valence-electron chi connectivity index (χ3n) is 16.7. The van der Waals surface area contributed by atoms with Gasteiger partial charge in [0.25, 0.3) is 0 Å². The Hall–Kier alpha value is -1.45. The smallest absolute Gasteiger partial charge is 0.410 e. The molecule has 79 heavy (non-hydrogen) atoms. The van der Waals surface area contributed by atoms with E-state index in [-0.39, 0.29) is 46.9 Å². The van der Waals surface area contributed by atoms with E-state index < -0.39 is 11.2 Å². The fourth-order valence-electron chi connectivity index (χ4n) is 13.5. The summed E-state index contributed by atoms with van der Waals surface area (Å²) in [5.74, 6) is 5.40. The maximum atomic E-state index is 12.5. The molecule has 3 aliphatic heterocycles. The summed E-state index contributed by atoms with van der Waals surface area (Å²) in [5, 5.41) is 3.53. The van der Waals surface area contributed by atoms with E-state index in [4.69, 9.17) is 15.2 Å². The average Bonchev–Trinajstić information content (AvgIpc) is 3.35. The van der Waals surface area contributed by atoms with Crippen LogP contribution in [0.1, 0.15) is 216 Å². The second kappa shape index (κ2) is 40.0. The normalized spacial score (nSPS) is 21.2. The summed E-state index contributed by atoms with van der Waals surface area (Å²) in [4.78, 5) is 41.9. The molecule has 6 fully saturated rings. The molecule has 3 saturated carbocycles. The van der Waals surface area contributed by atoms with Gasteiger partial charge in [-0.05, 0) is 121 Å². The molecule has 3 heterocycles. The van der Waals surface area contributed by atoms with Crippen molar-refractivity contribution in [3.63, 3.8) is 0 Å². The van der Waals surface area contributed by atoms with Crippen LogP contribution in [0.4, 0.5) is 9.59 Å². The zero-order valence-electron chi connectivity index (χ0n) is 52.1. The number of hydrogen-bond acceptors (Lipinski definition) is 11. The Kier molecular flexibility index (Phi) is 39.2. The lowest BCUT2D eigenvalue weighted by Gasteiger charge is -2.45. The van der Waals surface area contributed by atoms with Gasteiger partial charge in [0.1, 0.15) is 11.2 Å². The molecule has 472 valence electrons. The number of carbonyl (C=O) groups is 2. The van der Waals surface area contributed by atoms with E-state index in [1.165, 1.54) is 162 Å². The fourth-order valence-corrected chi connectivity index (χ4v) is 13.5. The molecule has 0 radical (unpaired) electrons. The van der Waals surface area contributed by atoms with Crippen molar-refractivity contribution in [2.45, 2.75) is 245 Å². The first-order chi connectivity index (χ1) is 35.5. The lowest BCUT2D eigenvalue weighted by atomic mass is 9.82. The molecule has 0 aromatic carbocycles. The van der Waals surface area contributed by atoms with Crippen LogP contribution in [-0.2, 0) is 9.47 Å². The van der Waals surface area contributed by atoms with E-state index in [2.05, 4.69) is 85.2 Å². The van der Waals surface area contributed by atoms with Crippen molar-refractivity contribution in [1.29, 1.82) is 0 Å². The zero-order valence-corrected chi connectivity index (χ0v) is 52.9. The number of amides is 2. The standard InChI is InChI=1S/C25H49N3O2.C20H41N3.C17H33N3O2.3CH4.ClH/c1-20(2)17-26(18-21(3)4)19-23(22-11-9-8-10-12-22)27-13-15-28(16-14-27)24(29)30-25(5,6)7;1-17(2)14-22(15-18(3)4)16-20(19-8-6-5-7-9-19)23-12-10-21-11-13-23;1-17(2,3)22-16(21)20-11-9-19(10-12-20)15(13-18)14-7-5-4-6-8-14;;;;/h20-23H,8-19H2,1-7H3;17-21H,5-16H2,1-4H3;14-15H,4-13,18H2,1-3H3;3*1H4;1H. The summed E-state index contributed by atoms with van der Waals surface area (Å²) in [6, 6.07) is 1.89. The Bertz CT molecular complexity index is 1480. The molecule has 0 aromatic rings. The molecule has 6 rings (SSSR count). The van der Waals surface area contributed by atoms with Crippen LogP contribution >= 0.6 is 12.4 Å². The molecule has 0 spiro atoms. The van der Waals surface area contributed by atoms with Gasteiger partial charge in [-0.2, -0.15) is 0 Å². The Labute approximate surface area is 497 Å². The number of nitrogens with two attached hydrogens (primary N) is 1. The molecule has 3 unspecified atom stereocenters. The lowest BCUT2D eigenvalue weighted by Crippen LogP contribution is -2.57. The topological polar surface area (TPSA) is 113 Å². The summed E-state index contributed by atoms with van der Waals surface area (Å²) < 4.78 is 11.1. The molecule has 3 atom stereocenters. The van der Waals surface area contributed by atoms with Gasteiger partial charge >= 0.3 is 12.2 Å². The Morgan fingerprint density at radius 3 is 0.975 bits per heavy atom. The molecule has 3 aliphatic carbocycles. The monoisotopic (exact) mass is 1140 g/mol. The van der Waals surface area contributed by atoms with Gasteiger partial charge in [0, 0.05) is 142 Å². The first kappa shape index (κ1) is 77.5. The van der Waals surface area contributed by atoms with Crippen molar-refractivity contribution in [2.24, 2.45) is 47.2 Å². The third kappa shape index (κ3) is 30.3. The molecular formula is C65H136ClN9O4. The Morgan fingerprint density at radius 2 is 0.709 bits per heavy atom. The van der Waals surface area contributed by atoms with Crippen LogP contribution in [0.2, 0.25) is 0 Å². The number of ether oxygens (including phenoxy) is 2. The molecule has 3 saturated heterocycles. The summed E-state index contributed by atoms with van der Waals surface area (Å²) in [6.07, 6.45) is 20.6. The highest BCUT2D eigenvalue weighted by atomic mass is 35.5. The summed E-state index contributed by atoms with van der Waals surface area (Å²) in [7, 11) is 0. The largest absolute Gasteiger partial charge is 0.444 e. The van der Waals surface area contributed by atoms with Crippen LogP contribution in [0.3, 0.4) is 0 Å². The van der Waals surface area contributed by atoms with Crippen molar-refractivity contribution in [2.75, 3.05) is 124 Å². The molecule has 0 aromatic heterocycles. The maximum absolute atomic E-state index is 12.5. The van der Waals surface area contributed by atoms with Crippen LogP contribution in [-0.4, -0.2) is 200 Å². The van der Waals surface area contributed by atoms with Crippen LogP contribution < -0.4 is 11.1 Å². The minimum Gasteiger partial charge on any atom is -0.444 e. The highest BCUT2D eigenvalue weighted by molar-refractivity contribution is 5.85. The first-order valence-electron chi connectivity index (χ1n) is 31.5. The van der Waals surface area contributed by atoms with Crippen molar-refractivity contribution in [3.8, 4) is 0 Å². The van der Waals surface area contributed by atoms with Gasteiger partial charge in [-0.1, -0.05) is 135 Å². The second-order valence-electron chi connectivity index (χ2n) is 27.9. The van der Waals surface area contributed by atoms with E-state index in [9.17, 15) is 9.59 Å². The summed E-state index contributed by atoms with van der Waals surface area (Å²) in [5.41, 5.74) is 5.22. The van der Waals surface area contributed by atoms with Gasteiger partial charge in [0.2, 0.25) is 0 Å². The number of rotatable bonds is 19. The van der Waals surface area contributed by atoms with Gasteiger partial charge in [-0.3, -0.25) is 14.7 Å². The van der Waals surface area contributed by atoms with E-state index in [1.807, 2.05) is 51.3 Å². The molecule has 14 heteroatoms. The van der Waals surface area contributed by atoms with Crippen LogP contribution in [0.15, 0.2) is 0 Å². The van der Waals surface area contributed by atoms with Crippen LogP contribution in [0, 0.1) is 41.4 Å². The third-order valence-corrected chi connectivity index (χ3v) is 16.7. The maximum Gasteiger partial charge on any atom is 0.410 e. The van der Waals surface area contributed by atoms with Gasteiger partial charge in [0.15, 0.2) is 0 Å². The van der Waals surface area contributed by atoms with Gasteiger partial charge in [0.05, 0.1) is 0 Å². The van der Waals surface area contributed by atoms with Crippen molar-refractivity contribution in [1.82, 2.24) is 39.6 Å². The van der Waals surface area contributed by atoms with E-state index in [0.29, 0.717) is 23.9 Å². The van der Waals surface area contributed by atoms with Gasteiger partial charge < -0.3 is 40.1 Å². The zero-order chi connectivity index (χ0) is 55.1. The van der Waals surface area contributed by atoms with Crippen molar-refractivity contribution in [3.05, 3.63) is 0 Å². The number of halogens is 1. The number of carbonyl (C=O) groups excluding carboxylic acids is 2. The van der Waals surface area contributed by atoms with Gasteiger partial charge in [-0.25, -0.2) is 9.59 Å². The van der Waals surface area contributed by atoms with E-state index in [0.717, 1.165) is 94.5 Å². The second-order valence-corrected chi connectivity index (χ2v) is 27.9. The average molecular weight is 1140 g/mol. The van der Waals surface area contributed by atoms with Crippen LogP contribution in [0.5, 0.6) is 0 Å². The van der Waals surface area contributed by atoms with E-state index >= 15 is 0 Å². The number of nitrogens with one attached hydrogen (secondary N) is 1. The molecule has 2 amide bonds. The highest BCUT2D eigenvalue weighted by Crippen LogP contribution is 2.33.